The van der Waals surface area contributed by atoms with Crippen molar-refractivity contribution in [2.75, 3.05) is 0 Å². The molecule has 2 aliphatic rings. The molecule has 30 heavy (non-hydrogen) atoms. The number of carbonyl (C=O) groups is 2. The lowest BCUT2D eigenvalue weighted by molar-refractivity contribution is -0.121. The Hall–Kier alpha value is -3.74. The molecule has 2 amide bonds. The van der Waals surface area contributed by atoms with Gasteiger partial charge in [-0.3, -0.25) is 14.7 Å². The summed E-state index contributed by atoms with van der Waals surface area (Å²) < 4.78 is 0. The summed E-state index contributed by atoms with van der Waals surface area (Å²) in [6, 6.07) is 17.3. The lowest BCUT2D eigenvalue weighted by atomic mass is 10.0. The lowest BCUT2D eigenvalue weighted by Gasteiger charge is -2.15. The number of hydrogen-bond acceptors (Lipinski definition) is 4. The van der Waals surface area contributed by atoms with Crippen molar-refractivity contribution in [2.24, 2.45) is 0 Å². The number of H-pyrrole nitrogens is 1. The number of aromatic amines is 1. The van der Waals surface area contributed by atoms with Crippen LogP contribution in [0.4, 0.5) is 0 Å². The van der Waals surface area contributed by atoms with Crippen molar-refractivity contribution in [3.8, 4) is 0 Å². The van der Waals surface area contributed by atoms with E-state index in [1.165, 1.54) is 11.1 Å². The Kier molecular flexibility index (Phi) is 4.63. The van der Waals surface area contributed by atoms with Gasteiger partial charge < -0.3 is 10.6 Å². The second-order valence-electron chi connectivity index (χ2n) is 7.63. The maximum Gasteiger partial charge on any atom is 0.291 e. The van der Waals surface area contributed by atoms with Gasteiger partial charge in [0.25, 0.3) is 5.91 Å². The molecule has 0 fully saturated rings. The van der Waals surface area contributed by atoms with Crippen LogP contribution in [0.3, 0.4) is 0 Å². The van der Waals surface area contributed by atoms with Gasteiger partial charge in [0.2, 0.25) is 11.7 Å². The minimum absolute atomic E-state index is 0.0452. The van der Waals surface area contributed by atoms with Crippen LogP contribution in [0.2, 0.25) is 0 Å². The fourth-order valence-electron chi connectivity index (χ4n) is 4.08. The van der Waals surface area contributed by atoms with Gasteiger partial charge in [-0.15, -0.1) is 5.10 Å². The largest absolute Gasteiger partial charge is 0.337 e. The van der Waals surface area contributed by atoms with Gasteiger partial charge in [0.1, 0.15) is 11.9 Å². The van der Waals surface area contributed by atoms with Gasteiger partial charge in [0, 0.05) is 17.7 Å². The van der Waals surface area contributed by atoms with Crippen molar-refractivity contribution in [3.63, 3.8) is 0 Å². The standard InChI is InChI=1S/C23H21N5O2/c29-22-18(11-10-16-13-15-8-4-5-9-17(15)20(16)26-22)24-23(30)21-25-19(27-28-21)12-14-6-2-1-3-7-14/h1-9,18H,10-13H2,(H,24,30)(H,26,29)(H,25,27,28). The molecular formula is C23H21N5O2. The van der Waals surface area contributed by atoms with Gasteiger partial charge in [-0.25, -0.2) is 4.98 Å². The molecule has 1 aromatic heterocycles. The maximum atomic E-state index is 12.8. The molecular weight excluding hydrogens is 378 g/mol. The van der Waals surface area contributed by atoms with E-state index in [1.54, 1.807) is 0 Å². The molecule has 7 nitrogen and oxygen atoms in total. The number of allylic oxidation sites excluding steroid dienone is 1. The van der Waals surface area contributed by atoms with Crippen molar-refractivity contribution < 1.29 is 9.59 Å². The number of aromatic nitrogens is 3. The highest BCUT2D eigenvalue weighted by atomic mass is 16.2. The maximum absolute atomic E-state index is 12.8. The zero-order valence-electron chi connectivity index (χ0n) is 16.3. The summed E-state index contributed by atoms with van der Waals surface area (Å²) >= 11 is 0. The van der Waals surface area contributed by atoms with Crippen molar-refractivity contribution in [1.29, 1.82) is 0 Å². The number of nitrogens with zero attached hydrogens (tertiary/aromatic N) is 2. The molecule has 2 heterocycles. The highest BCUT2D eigenvalue weighted by molar-refractivity contribution is 5.98. The second kappa shape index (κ2) is 7.59. The fourth-order valence-corrected chi connectivity index (χ4v) is 4.08. The quantitative estimate of drug-likeness (QED) is 0.627. The smallest absolute Gasteiger partial charge is 0.291 e. The highest BCUT2D eigenvalue weighted by Gasteiger charge is 2.31. The van der Waals surface area contributed by atoms with Crippen LogP contribution in [-0.4, -0.2) is 33.0 Å². The van der Waals surface area contributed by atoms with Crippen molar-refractivity contribution >= 4 is 17.5 Å². The number of benzene rings is 2. The van der Waals surface area contributed by atoms with E-state index in [0.717, 1.165) is 29.7 Å². The monoisotopic (exact) mass is 399 g/mol. The van der Waals surface area contributed by atoms with Crippen LogP contribution in [0.25, 0.3) is 5.70 Å². The van der Waals surface area contributed by atoms with Crippen LogP contribution in [0.5, 0.6) is 0 Å². The van der Waals surface area contributed by atoms with E-state index in [1.807, 2.05) is 48.5 Å². The Morgan fingerprint density at radius 3 is 2.77 bits per heavy atom. The second-order valence-corrected chi connectivity index (χ2v) is 7.63. The summed E-state index contributed by atoms with van der Waals surface area (Å²) in [4.78, 5) is 29.7. The summed E-state index contributed by atoms with van der Waals surface area (Å²) in [6.45, 7) is 0. The lowest BCUT2D eigenvalue weighted by Crippen LogP contribution is -2.45. The van der Waals surface area contributed by atoms with Crippen LogP contribution >= 0.6 is 0 Å². The van der Waals surface area contributed by atoms with E-state index < -0.39 is 11.9 Å². The van der Waals surface area contributed by atoms with E-state index in [0.29, 0.717) is 18.7 Å². The summed E-state index contributed by atoms with van der Waals surface area (Å²) in [5, 5.41) is 12.6. The molecule has 1 atom stereocenters. The molecule has 1 aliphatic heterocycles. The van der Waals surface area contributed by atoms with E-state index in [9.17, 15) is 9.59 Å². The topological polar surface area (TPSA) is 99.8 Å². The highest BCUT2D eigenvalue weighted by Crippen LogP contribution is 2.35. The molecule has 3 aromatic rings. The van der Waals surface area contributed by atoms with E-state index in [4.69, 9.17) is 0 Å². The van der Waals surface area contributed by atoms with Crippen LogP contribution in [-0.2, 0) is 17.6 Å². The van der Waals surface area contributed by atoms with Gasteiger partial charge in [-0.1, -0.05) is 54.6 Å². The Bertz CT molecular complexity index is 1150. The molecule has 0 saturated heterocycles. The van der Waals surface area contributed by atoms with Crippen LogP contribution in [0.1, 0.15) is 46.0 Å². The molecule has 3 N–H and O–H groups in total. The van der Waals surface area contributed by atoms with E-state index in [2.05, 4.69) is 31.9 Å². The number of rotatable bonds is 4. The third kappa shape index (κ3) is 3.50. The average molecular weight is 399 g/mol. The minimum Gasteiger partial charge on any atom is -0.337 e. The van der Waals surface area contributed by atoms with Crippen LogP contribution in [0.15, 0.2) is 60.2 Å². The molecule has 150 valence electrons. The SMILES string of the molecule is O=C(NC1CCC2=C(NC1=O)c1ccccc1C2)c1n[nH]c(Cc2ccccc2)n1. The zero-order chi connectivity index (χ0) is 20.5. The van der Waals surface area contributed by atoms with Gasteiger partial charge in [0.05, 0.1) is 0 Å². The van der Waals surface area contributed by atoms with Crippen molar-refractivity contribution in [1.82, 2.24) is 25.8 Å². The summed E-state index contributed by atoms with van der Waals surface area (Å²) in [7, 11) is 0. The molecule has 1 aliphatic carbocycles. The summed E-state index contributed by atoms with van der Waals surface area (Å²) in [5.41, 5.74) is 5.49. The predicted molar refractivity (Wildman–Crippen MR) is 111 cm³/mol. The Morgan fingerprint density at radius 2 is 1.90 bits per heavy atom. The molecule has 0 spiro atoms. The molecule has 0 bridgehead atoms. The summed E-state index contributed by atoms with van der Waals surface area (Å²) in [6.07, 6.45) is 2.70. The van der Waals surface area contributed by atoms with Gasteiger partial charge in [-0.05, 0) is 36.0 Å². The number of fused-ring (bicyclic) bond motifs is 2. The third-order valence-electron chi connectivity index (χ3n) is 5.60. The molecule has 2 aromatic carbocycles. The molecule has 0 saturated carbocycles. The summed E-state index contributed by atoms with van der Waals surface area (Å²) in [5.74, 6) is -0.00369. The fraction of sp³-hybridized carbons (Fsp3) is 0.217. The Balaban J connectivity index is 1.25. The van der Waals surface area contributed by atoms with Gasteiger partial charge in [0.15, 0.2) is 0 Å². The predicted octanol–water partition coefficient (Wildman–Crippen LogP) is 2.37. The minimum atomic E-state index is -0.619. The molecule has 1 unspecified atom stereocenters. The Morgan fingerprint density at radius 1 is 1.10 bits per heavy atom. The van der Waals surface area contributed by atoms with Gasteiger partial charge >= 0.3 is 0 Å². The van der Waals surface area contributed by atoms with E-state index in [-0.39, 0.29) is 11.7 Å². The zero-order valence-corrected chi connectivity index (χ0v) is 16.3. The number of carbonyl (C=O) groups excluding carboxylic acids is 2. The molecule has 0 radical (unpaired) electrons. The first kappa shape index (κ1) is 18.3. The first-order valence-electron chi connectivity index (χ1n) is 10.0. The third-order valence-corrected chi connectivity index (χ3v) is 5.60. The first-order chi connectivity index (χ1) is 14.7. The molecule has 5 rings (SSSR count). The average Bonchev–Trinajstić information content (AvgIpc) is 3.33. The van der Waals surface area contributed by atoms with Crippen molar-refractivity contribution in [3.05, 3.63) is 88.5 Å². The first-order valence-corrected chi connectivity index (χ1v) is 10.0. The molecule has 7 heteroatoms. The van der Waals surface area contributed by atoms with Crippen LogP contribution in [0, 0.1) is 0 Å². The van der Waals surface area contributed by atoms with E-state index >= 15 is 0 Å². The number of nitrogens with one attached hydrogen (secondary N) is 3. The Labute approximate surface area is 173 Å². The van der Waals surface area contributed by atoms with Crippen molar-refractivity contribution in [2.45, 2.75) is 31.7 Å². The normalized spacial score (nSPS) is 17.7. The number of hydrogen-bond donors (Lipinski definition) is 3. The number of amides is 2. The van der Waals surface area contributed by atoms with Crippen LogP contribution < -0.4 is 10.6 Å². The van der Waals surface area contributed by atoms with Gasteiger partial charge in [-0.2, -0.15) is 0 Å².